The van der Waals surface area contributed by atoms with E-state index in [2.05, 4.69) is 15.3 Å². The zero-order valence-corrected chi connectivity index (χ0v) is 25.3. The van der Waals surface area contributed by atoms with Crippen molar-refractivity contribution < 1.29 is 23.5 Å². The lowest BCUT2D eigenvalue weighted by Gasteiger charge is -2.38. The standard InChI is InChI=1S/C31H30ClFN8O4/c1-20-18-21(2-3-22(20)30(42)38-9-11-39(12-10-38)31(43)40-13-16-44-17-14-40)37-28-29-36-19-24(41(29)8-7-35-28)23-4-5-25(45-15-6-34)27(33)26(23)32/h2-5,7-8,18-19H,9-17H2,1H3,(H,35,37). The molecule has 0 bridgehead atoms. The molecular weight excluding hydrogens is 603 g/mol. The van der Waals surface area contributed by atoms with Gasteiger partial charge in [0.15, 0.2) is 29.6 Å². The average Bonchev–Trinajstić information content (AvgIpc) is 3.50. The molecule has 14 heteroatoms. The lowest BCUT2D eigenvalue weighted by atomic mass is 10.1. The number of imidazole rings is 1. The number of carbonyl (C=O) groups is 2. The van der Waals surface area contributed by atoms with Gasteiger partial charge in [0, 0.05) is 68.5 Å². The first-order valence-corrected chi connectivity index (χ1v) is 14.8. The van der Waals surface area contributed by atoms with Crippen molar-refractivity contribution in [1.29, 1.82) is 5.26 Å². The molecule has 0 unspecified atom stereocenters. The third kappa shape index (κ3) is 6.07. The number of ether oxygens (including phenoxy) is 2. The van der Waals surface area contributed by atoms with Crippen molar-refractivity contribution in [2.45, 2.75) is 6.92 Å². The van der Waals surface area contributed by atoms with Gasteiger partial charge in [0.25, 0.3) is 5.91 Å². The minimum absolute atomic E-state index is 0.0000102. The second kappa shape index (κ2) is 13.0. The van der Waals surface area contributed by atoms with Crippen molar-refractivity contribution in [2.24, 2.45) is 0 Å². The molecule has 2 aliphatic heterocycles. The van der Waals surface area contributed by atoms with Gasteiger partial charge < -0.3 is 29.5 Å². The molecule has 2 saturated heterocycles. The number of nitriles is 1. The summed E-state index contributed by atoms with van der Waals surface area (Å²) in [6, 6.07) is 10.3. The van der Waals surface area contributed by atoms with Crippen LogP contribution in [0.5, 0.6) is 5.75 Å². The summed E-state index contributed by atoms with van der Waals surface area (Å²) in [5, 5.41) is 11.8. The number of aryl methyl sites for hydroxylation is 1. The van der Waals surface area contributed by atoms with E-state index in [4.69, 9.17) is 26.3 Å². The van der Waals surface area contributed by atoms with Crippen molar-refractivity contribution in [3.63, 3.8) is 0 Å². The van der Waals surface area contributed by atoms with E-state index in [1.807, 2.05) is 13.0 Å². The fourth-order valence-corrected chi connectivity index (χ4v) is 5.75. The van der Waals surface area contributed by atoms with Crippen LogP contribution >= 0.6 is 11.6 Å². The van der Waals surface area contributed by atoms with Gasteiger partial charge in [-0.3, -0.25) is 9.20 Å². The highest BCUT2D eigenvalue weighted by Gasteiger charge is 2.29. The molecule has 0 atom stereocenters. The monoisotopic (exact) mass is 632 g/mol. The van der Waals surface area contributed by atoms with Gasteiger partial charge in [0.1, 0.15) is 6.07 Å². The Morgan fingerprint density at radius 1 is 1.07 bits per heavy atom. The average molecular weight is 633 g/mol. The Morgan fingerprint density at radius 2 is 1.80 bits per heavy atom. The van der Waals surface area contributed by atoms with Gasteiger partial charge in [-0.15, -0.1) is 0 Å². The lowest BCUT2D eigenvalue weighted by Crippen LogP contribution is -2.55. The number of hydrogen-bond acceptors (Lipinski definition) is 8. The molecule has 1 N–H and O–H groups in total. The first-order valence-electron chi connectivity index (χ1n) is 14.4. The number of halogens is 2. The maximum atomic E-state index is 14.8. The van der Waals surface area contributed by atoms with Crippen molar-refractivity contribution in [3.8, 4) is 23.1 Å². The van der Waals surface area contributed by atoms with Gasteiger partial charge in [0.05, 0.1) is 30.1 Å². The number of aromatic nitrogens is 3. The third-order valence-corrected chi connectivity index (χ3v) is 8.25. The fraction of sp³-hybridized carbons (Fsp3) is 0.323. The molecule has 12 nitrogen and oxygen atoms in total. The van der Waals surface area contributed by atoms with E-state index in [-0.39, 0.29) is 29.3 Å². The maximum absolute atomic E-state index is 14.8. The predicted molar refractivity (Wildman–Crippen MR) is 164 cm³/mol. The van der Waals surface area contributed by atoms with Crippen molar-refractivity contribution in [1.82, 2.24) is 29.1 Å². The number of nitrogens with one attached hydrogen (secondary N) is 1. The molecule has 45 heavy (non-hydrogen) atoms. The van der Waals surface area contributed by atoms with Gasteiger partial charge in [-0.25, -0.2) is 19.2 Å². The van der Waals surface area contributed by atoms with Crippen molar-refractivity contribution in [3.05, 3.63) is 70.9 Å². The highest BCUT2D eigenvalue weighted by Crippen LogP contribution is 2.36. The van der Waals surface area contributed by atoms with Gasteiger partial charge >= 0.3 is 6.03 Å². The Bertz CT molecular complexity index is 1790. The van der Waals surface area contributed by atoms with Crippen molar-refractivity contribution in [2.75, 3.05) is 64.4 Å². The molecule has 4 aromatic rings. The molecule has 2 fully saturated rings. The summed E-state index contributed by atoms with van der Waals surface area (Å²) in [6.07, 6.45) is 4.85. The summed E-state index contributed by atoms with van der Waals surface area (Å²) in [7, 11) is 0. The second-order valence-corrected chi connectivity index (χ2v) is 11.0. The normalized spacial score (nSPS) is 15.2. The van der Waals surface area contributed by atoms with E-state index in [0.29, 0.717) is 86.5 Å². The molecular formula is C31H30ClFN8O4. The Morgan fingerprint density at radius 3 is 2.53 bits per heavy atom. The molecule has 3 amide bonds. The van der Waals surface area contributed by atoms with E-state index in [9.17, 15) is 14.0 Å². The lowest BCUT2D eigenvalue weighted by molar-refractivity contribution is 0.0362. The third-order valence-electron chi connectivity index (χ3n) is 7.88. The van der Waals surface area contributed by atoms with E-state index in [0.717, 1.165) is 5.56 Å². The number of amides is 3. The van der Waals surface area contributed by atoms with Gasteiger partial charge in [-0.2, -0.15) is 5.26 Å². The highest BCUT2D eigenvalue weighted by atomic mass is 35.5. The van der Waals surface area contributed by atoms with Crippen LogP contribution in [0, 0.1) is 24.1 Å². The van der Waals surface area contributed by atoms with Crippen LogP contribution in [0.15, 0.2) is 48.9 Å². The fourth-order valence-electron chi connectivity index (χ4n) is 5.50. The number of carbonyl (C=O) groups excluding carboxylic acids is 2. The van der Waals surface area contributed by atoms with Crippen LogP contribution < -0.4 is 10.1 Å². The van der Waals surface area contributed by atoms with E-state index >= 15 is 0 Å². The van der Waals surface area contributed by atoms with E-state index in [1.165, 1.54) is 6.07 Å². The molecule has 0 spiro atoms. The number of rotatable bonds is 6. The van der Waals surface area contributed by atoms with Crippen LogP contribution in [0.1, 0.15) is 15.9 Å². The van der Waals surface area contributed by atoms with Crippen molar-refractivity contribution >= 4 is 40.7 Å². The summed E-state index contributed by atoms with van der Waals surface area (Å²) in [5.74, 6) is -0.500. The molecule has 4 heterocycles. The van der Waals surface area contributed by atoms with Crippen LogP contribution in [0.25, 0.3) is 16.9 Å². The first-order chi connectivity index (χ1) is 21.9. The zero-order valence-electron chi connectivity index (χ0n) is 24.5. The number of hydrogen-bond donors (Lipinski definition) is 1. The maximum Gasteiger partial charge on any atom is 0.320 e. The quantitative estimate of drug-likeness (QED) is 0.332. The Hall–Kier alpha value is -4.93. The minimum Gasteiger partial charge on any atom is -0.476 e. The second-order valence-electron chi connectivity index (χ2n) is 10.6. The van der Waals surface area contributed by atoms with E-state index < -0.39 is 5.82 Å². The molecule has 0 saturated carbocycles. The number of anilines is 2. The number of nitrogens with zero attached hydrogens (tertiary/aromatic N) is 7. The summed E-state index contributed by atoms with van der Waals surface area (Å²) in [4.78, 5) is 40.5. The molecule has 232 valence electrons. The summed E-state index contributed by atoms with van der Waals surface area (Å²) in [5.41, 5.74) is 3.49. The van der Waals surface area contributed by atoms with Gasteiger partial charge in [-0.1, -0.05) is 11.6 Å². The topological polar surface area (TPSA) is 128 Å². The van der Waals surface area contributed by atoms with E-state index in [1.54, 1.807) is 62.0 Å². The molecule has 2 aliphatic rings. The number of benzene rings is 2. The summed E-state index contributed by atoms with van der Waals surface area (Å²) >= 11 is 6.34. The molecule has 2 aromatic carbocycles. The van der Waals surface area contributed by atoms with Crippen LogP contribution in [0.2, 0.25) is 5.02 Å². The molecule has 0 radical (unpaired) electrons. The molecule has 6 rings (SSSR count). The minimum atomic E-state index is -0.764. The molecule has 2 aromatic heterocycles. The smallest absolute Gasteiger partial charge is 0.320 e. The highest BCUT2D eigenvalue weighted by molar-refractivity contribution is 6.33. The Balaban J connectivity index is 1.15. The largest absolute Gasteiger partial charge is 0.476 e. The summed E-state index contributed by atoms with van der Waals surface area (Å²) in [6.45, 7) is 5.75. The van der Waals surface area contributed by atoms with Crippen LogP contribution in [0.4, 0.5) is 20.7 Å². The summed E-state index contributed by atoms with van der Waals surface area (Å²) < 4.78 is 27.0. The Labute approximate surface area is 263 Å². The predicted octanol–water partition coefficient (Wildman–Crippen LogP) is 4.35. The zero-order chi connectivity index (χ0) is 31.5. The number of morpholine rings is 1. The van der Waals surface area contributed by atoms with Crippen LogP contribution in [0.3, 0.4) is 0 Å². The SMILES string of the molecule is Cc1cc(Nc2nccn3c(-c4ccc(OCC#N)c(F)c4Cl)cnc23)ccc1C(=O)N1CCN(C(=O)N2CCOCC2)CC1. The van der Waals surface area contributed by atoms with Crippen LogP contribution in [-0.4, -0.2) is 100 Å². The van der Waals surface area contributed by atoms with Crippen LogP contribution in [-0.2, 0) is 4.74 Å². The number of fused-ring (bicyclic) bond motifs is 1. The molecule has 0 aliphatic carbocycles. The number of piperazine rings is 1. The Kier molecular flexibility index (Phi) is 8.68. The number of urea groups is 1. The first kappa shape index (κ1) is 30.1. The van der Waals surface area contributed by atoms with Gasteiger partial charge in [0.2, 0.25) is 0 Å². The van der Waals surface area contributed by atoms with Gasteiger partial charge in [-0.05, 0) is 42.8 Å².